The highest BCUT2D eigenvalue weighted by Gasteiger charge is 2.37. The number of allylic oxidation sites excluding steroid dienone is 4. The summed E-state index contributed by atoms with van der Waals surface area (Å²) in [7, 11) is 0. The Bertz CT molecular complexity index is 1810. The number of benzene rings is 1. The first-order valence-corrected chi connectivity index (χ1v) is 13.3. The van der Waals surface area contributed by atoms with Crippen LogP contribution in [0.4, 0.5) is 13.2 Å². The molecule has 41 heavy (non-hydrogen) atoms. The topological polar surface area (TPSA) is 73.5 Å². The third-order valence-corrected chi connectivity index (χ3v) is 7.10. The molecule has 4 heterocycles. The molecular weight excluding hydrogens is 525 g/mol. The van der Waals surface area contributed by atoms with Gasteiger partial charge in [0.15, 0.2) is 5.82 Å². The SMILES string of the molecule is C=C/C(=C\C(=C/C)C(=C)/C=c1/c(-c2nc3c(-c4cccc(F)c4)nccc3[nH]2)n[nH]/c1=C/C)CN1CCC(F)(F)C1. The fourth-order valence-electron chi connectivity index (χ4n) is 4.99. The summed E-state index contributed by atoms with van der Waals surface area (Å²) in [5.74, 6) is -2.48. The van der Waals surface area contributed by atoms with Gasteiger partial charge in [-0.05, 0) is 54.8 Å². The molecule has 1 aliphatic rings. The van der Waals surface area contributed by atoms with Gasteiger partial charge >= 0.3 is 0 Å². The Morgan fingerprint density at radius 3 is 2.71 bits per heavy atom. The Kier molecular flexibility index (Phi) is 7.90. The molecule has 6 nitrogen and oxygen atoms in total. The fourth-order valence-corrected chi connectivity index (χ4v) is 4.99. The number of hydrogen-bond donors (Lipinski definition) is 2. The molecule has 0 unspecified atom stereocenters. The number of likely N-dealkylation sites (tertiary alicyclic amines) is 1. The highest BCUT2D eigenvalue weighted by Crippen LogP contribution is 2.29. The number of aromatic nitrogens is 5. The van der Waals surface area contributed by atoms with Crippen molar-refractivity contribution in [2.75, 3.05) is 19.6 Å². The van der Waals surface area contributed by atoms with Gasteiger partial charge < -0.3 is 4.98 Å². The van der Waals surface area contributed by atoms with E-state index in [-0.39, 0.29) is 18.8 Å². The van der Waals surface area contributed by atoms with Crippen LogP contribution < -0.4 is 10.6 Å². The third-order valence-electron chi connectivity index (χ3n) is 7.10. The molecule has 5 rings (SSSR count). The van der Waals surface area contributed by atoms with Gasteiger partial charge in [0.2, 0.25) is 0 Å². The van der Waals surface area contributed by atoms with Crippen LogP contribution in [0.25, 0.3) is 46.0 Å². The van der Waals surface area contributed by atoms with E-state index >= 15 is 0 Å². The number of hydrogen-bond acceptors (Lipinski definition) is 4. The van der Waals surface area contributed by atoms with Gasteiger partial charge in [-0.2, -0.15) is 5.10 Å². The van der Waals surface area contributed by atoms with Gasteiger partial charge in [-0.15, -0.1) is 0 Å². The summed E-state index contributed by atoms with van der Waals surface area (Å²) in [5, 5.41) is 9.16. The van der Waals surface area contributed by atoms with Gasteiger partial charge in [0.05, 0.1) is 23.1 Å². The van der Waals surface area contributed by atoms with Crippen molar-refractivity contribution in [3.05, 3.63) is 101 Å². The Morgan fingerprint density at radius 1 is 1.20 bits per heavy atom. The Balaban J connectivity index is 1.51. The quantitative estimate of drug-likeness (QED) is 0.274. The number of fused-ring (bicyclic) bond motifs is 1. The molecule has 0 bridgehead atoms. The number of H-pyrrole nitrogens is 2. The summed E-state index contributed by atoms with van der Waals surface area (Å²) in [4.78, 5) is 14.3. The molecule has 1 aromatic carbocycles. The van der Waals surface area contributed by atoms with E-state index in [1.54, 1.807) is 29.3 Å². The number of halogens is 3. The summed E-state index contributed by atoms with van der Waals surface area (Å²) < 4.78 is 41.3. The van der Waals surface area contributed by atoms with Gasteiger partial charge in [0.1, 0.15) is 17.0 Å². The van der Waals surface area contributed by atoms with Gasteiger partial charge in [-0.25, -0.2) is 18.2 Å². The molecule has 9 heteroatoms. The van der Waals surface area contributed by atoms with Crippen LogP contribution in [-0.2, 0) is 0 Å². The molecule has 0 saturated carbocycles. The van der Waals surface area contributed by atoms with Crippen LogP contribution in [0.1, 0.15) is 20.3 Å². The van der Waals surface area contributed by atoms with Gasteiger partial charge in [0, 0.05) is 36.5 Å². The van der Waals surface area contributed by atoms with E-state index in [0.717, 1.165) is 27.2 Å². The number of pyridine rings is 1. The lowest BCUT2D eigenvalue weighted by Gasteiger charge is -2.16. The molecule has 0 aliphatic carbocycles. The van der Waals surface area contributed by atoms with Crippen molar-refractivity contribution >= 4 is 23.2 Å². The van der Waals surface area contributed by atoms with Crippen LogP contribution in [0.3, 0.4) is 0 Å². The summed E-state index contributed by atoms with van der Waals surface area (Å²) in [5.41, 5.74) is 5.49. The summed E-state index contributed by atoms with van der Waals surface area (Å²) >= 11 is 0. The molecule has 0 atom stereocenters. The van der Waals surface area contributed by atoms with E-state index in [9.17, 15) is 13.2 Å². The predicted octanol–water partition coefficient (Wildman–Crippen LogP) is 5.69. The zero-order chi connectivity index (χ0) is 29.1. The Hall–Kier alpha value is -4.50. The van der Waals surface area contributed by atoms with E-state index in [0.29, 0.717) is 47.0 Å². The zero-order valence-electron chi connectivity index (χ0n) is 23.0. The average molecular weight is 557 g/mol. The van der Waals surface area contributed by atoms with Gasteiger partial charge in [-0.3, -0.25) is 15.0 Å². The third kappa shape index (κ3) is 6.00. The van der Waals surface area contributed by atoms with Gasteiger partial charge in [0.25, 0.3) is 5.92 Å². The van der Waals surface area contributed by atoms with E-state index in [2.05, 4.69) is 33.3 Å². The van der Waals surface area contributed by atoms with Gasteiger partial charge in [-0.1, -0.05) is 49.6 Å². The molecule has 0 amide bonds. The van der Waals surface area contributed by atoms with Crippen molar-refractivity contribution in [1.29, 1.82) is 0 Å². The van der Waals surface area contributed by atoms with E-state index in [1.807, 2.05) is 44.2 Å². The summed E-state index contributed by atoms with van der Waals surface area (Å²) in [6.07, 6.45) is 10.9. The maximum absolute atomic E-state index is 13.9. The lowest BCUT2D eigenvalue weighted by Crippen LogP contribution is -2.26. The van der Waals surface area contributed by atoms with Crippen LogP contribution in [0.2, 0.25) is 0 Å². The van der Waals surface area contributed by atoms with E-state index in [1.165, 1.54) is 12.1 Å². The minimum Gasteiger partial charge on any atom is -0.336 e. The number of rotatable bonds is 8. The zero-order valence-corrected chi connectivity index (χ0v) is 23.0. The predicted molar refractivity (Wildman–Crippen MR) is 158 cm³/mol. The molecule has 1 aliphatic heterocycles. The number of nitrogens with one attached hydrogen (secondary N) is 2. The molecule has 0 radical (unpaired) electrons. The number of nitrogens with zero attached hydrogens (tertiary/aromatic N) is 4. The summed E-state index contributed by atoms with van der Waals surface area (Å²) in [6.45, 7) is 12.5. The Labute approximate surface area is 236 Å². The molecule has 210 valence electrons. The monoisotopic (exact) mass is 556 g/mol. The van der Waals surface area contributed by atoms with Crippen molar-refractivity contribution in [1.82, 2.24) is 30.0 Å². The molecule has 3 aromatic heterocycles. The summed E-state index contributed by atoms with van der Waals surface area (Å²) in [6, 6.07) is 8.06. The van der Waals surface area contributed by atoms with Crippen LogP contribution in [0, 0.1) is 5.82 Å². The molecule has 0 spiro atoms. The van der Waals surface area contributed by atoms with Crippen molar-refractivity contribution in [3.63, 3.8) is 0 Å². The molecule has 2 N–H and O–H groups in total. The average Bonchev–Trinajstić information content (AvgIpc) is 3.66. The standard InChI is InChI=1S/C32H31F3N6/c1-5-21(18-41-14-12-32(34,35)19-41)16-22(6-2)20(4)15-25-26(7-3)39-40-29(25)31-37-27-11-13-36-28(30(27)38-31)23-9-8-10-24(33)17-23/h5-11,13,15-17,39H,1,4,12,14,18-19H2,2-3H3,(H,37,38)/b21-16+,22-6+,25-15+,26-7+. The molecular formula is C32H31F3N6. The first-order valence-electron chi connectivity index (χ1n) is 13.3. The second-order valence-corrected chi connectivity index (χ2v) is 9.99. The lowest BCUT2D eigenvalue weighted by molar-refractivity contribution is 0.0131. The van der Waals surface area contributed by atoms with E-state index < -0.39 is 5.92 Å². The van der Waals surface area contributed by atoms with Crippen molar-refractivity contribution < 1.29 is 13.2 Å². The number of imidazole rings is 1. The van der Waals surface area contributed by atoms with Crippen LogP contribution in [0.15, 0.2) is 84.6 Å². The highest BCUT2D eigenvalue weighted by molar-refractivity contribution is 5.91. The fraction of sp³-hybridized carbons (Fsp3) is 0.219. The number of alkyl halides is 2. The Morgan fingerprint density at radius 2 is 2.02 bits per heavy atom. The van der Waals surface area contributed by atoms with Crippen LogP contribution >= 0.6 is 0 Å². The largest absolute Gasteiger partial charge is 0.336 e. The second kappa shape index (κ2) is 11.5. The molecule has 1 saturated heterocycles. The number of aromatic amines is 2. The van der Waals surface area contributed by atoms with Crippen molar-refractivity contribution in [2.45, 2.75) is 26.2 Å². The maximum Gasteiger partial charge on any atom is 0.261 e. The first kappa shape index (κ1) is 28.0. The van der Waals surface area contributed by atoms with E-state index in [4.69, 9.17) is 4.98 Å². The minimum atomic E-state index is -2.65. The van der Waals surface area contributed by atoms with Crippen LogP contribution in [-0.4, -0.2) is 55.6 Å². The first-order chi connectivity index (χ1) is 19.7. The smallest absolute Gasteiger partial charge is 0.261 e. The molecule has 4 aromatic rings. The lowest BCUT2D eigenvalue weighted by atomic mass is 10.0. The second-order valence-electron chi connectivity index (χ2n) is 9.99. The molecule has 1 fully saturated rings. The maximum atomic E-state index is 13.9. The normalized spacial score (nSPS) is 17.1. The van der Waals surface area contributed by atoms with Crippen molar-refractivity contribution in [3.8, 4) is 22.8 Å². The van der Waals surface area contributed by atoms with Crippen LogP contribution in [0.5, 0.6) is 0 Å². The minimum absolute atomic E-state index is 0.129. The highest BCUT2D eigenvalue weighted by atomic mass is 19.3. The van der Waals surface area contributed by atoms with Crippen molar-refractivity contribution in [2.24, 2.45) is 0 Å².